The van der Waals surface area contributed by atoms with Crippen molar-refractivity contribution in [3.63, 3.8) is 0 Å². The molecule has 1 aliphatic heterocycles. The molecule has 24 heavy (non-hydrogen) atoms. The summed E-state index contributed by atoms with van der Waals surface area (Å²) in [5.41, 5.74) is 2.33. The molecular formula is C17H26N2O4S. The van der Waals surface area contributed by atoms with Crippen LogP contribution in [0.25, 0.3) is 0 Å². The normalized spacial score (nSPS) is 21.2. The van der Waals surface area contributed by atoms with Gasteiger partial charge in [0.25, 0.3) is 0 Å². The van der Waals surface area contributed by atoms with E-state index in [4.69, 9.17) is 4.74 Å². The van der Waals surface area contributed by atoms with E-state index in [1.807, 2.05) is 31.2 Å². The topological polar surface area (TPSA) is 75.7 Å². The lowest BCUT2D eigenvalue weighted by atomic mass is 10.0. The first kappa shape index (κ1) is 18.9. The van der Waals surface area contributed by atoms with E-state index in [-0.39, 0.29) is 23.6 Å². The molecule has 6 nitrogen and oxygen atoms in total. The van der Waals surface area contributed by atoms with Crippen molar-refractivity contribution >= 4 is 15.9 Å². The maximum Gasteiger partial charge on any atom is 0.220 e. The summed E-state index contributed by atoms with van der Waals surface area (Å²) in [7, 11) is -0.280. The Morgan fingerprint density at radius 1 is 1.29 bits per heavy atom. The highest BCUT2D eigenvalue weighted by Crippen LogP contribution is 2.18. The molecule has 1 aliphatic rings. The highest BCUT2D eigenvalue weighted by molar-refractivity contribution is 7.89. The second-order valence-corrected chi connectivity index (χ2v) is 8.69. The Kier molecular flexibility index (Phi) is 6.37. The standard InChI is InChI=1S/C17H26N2O4S/c1-13-6-4-5-7-14(13)8-9-17(20)18-16-11-23-10-15(16)12-24(21,22)19(2)3/h4-7,15-16H,8-12H2,1-3H3,(H,18,20)/t15-,16+/m0/s1. The molecule has 0 spiro atoms. The molecule has 1 fully saturated rings. The Labute approximate surface area is 144 Å². The average Bonchev–Trinajstić information content (AvgIpc) is 2.92. The van der Waals surface area contributed by atoms with Gasteiger partial charge in [-0.25, -0.2) is 12.7 Å². The predicted octanol–water partition coefficient (Wildman–Crippen LogP) is 0.950. The molecule has 0 bridgehead atoms. The SMILES string of the molecule is Cc1ccccc1CCC(=O)N[C@@H]1COC[C@H]1CS(=O)(=O)N(C)C. The number of amides is 1. The third-order valence-corrected chi connectivity index (χ3v) is 6.37. The molecule has 0 aromatic heterocycles. The number of nitrogens with zero attached hydrogens (tertiary/aromatic N) is 1. The van der Waals surface area contributed by atoms with Gasteiger partial charge in [0.15, 0.2) is 0 Å². The number of nitrogens with one attached hydrogen (secondary N) is 1. The fourth-order valence-corrected chi connectivity index (χ4v) is 3.93. The maximum absolute atomic E-state index is 12.2. The first-order chi connectivity index (χ1) is 11.3. The van der Waals surface area contributed by atoms with E-state index in [9.17, 15) is 13.2 Å². The summed E-state index contributed by atoms with van der Waals surface area (Å²) in [6, 6.07) is 7.75. The molecule has 2 atom stereocenters. The lowest BCUT2D eigenvalue weighted by Crippen LogP contribution is -2.43. The largest absolute Gasteiger partial charge is 0.379 e. The summed E-state index contributed by atoms with van der Waals surface area (Å²) in [5, 5.41) is 2.93. The molecule has 1 N–H and O–H groups in total. The molecule has 0 aliphatic carbocycles. The molecule has 0 saturated carbocycles. The van der Waals surface area contributed by atoms with Crippen LogP contribution in [0, 0.1) is 12.8 Å². The van der Waals surface area contributed by atoms with Crippen molar-refractivity contribution < 1.29 is 17.9 Å². The van der Waals surface area contributed by atoms with E-state index >= 15 is 0 Å². The van der Waals surface area contributed by atoms with Crippen LogP contribution in [0.1, 0.15) is 17.5 Å². The minimum atomic E-state index is -3.31. The summed E-state index contributed by atoms with van der Waals surface area (Å²) >= 11 is 0. The monoisotopic (exact) mass is 354 g/mol. The number of benzene rings is 1. The van der Waals surface area contributed by atoms with E-state index in [0.717, 1.165) is 5.56 Å². The van der Waals surface area contributed by atoms with Gasteiger partial charge in [0.05, 0.1) is 25.0 Å². The van der Waals surface area contributed by atoms with E-state index in [1.54, 1.807) is 0 Å². The number of carbonyl (C=O) groups excluding carboxylic acids is 1. The minimum absolute atomic E-state index is 0.0112. The van der Waals surface area contributed by atoms with Gasteiger partial charge in [-0.15, -0.1) is 0 Å². The van der Waals surface area contributed by atoms with Gasteiger partial charge in [-0.3, -0.25) is 4.79 Å². The second-order valence-electron chi connectivity index (χ2n) is 6.46. The Hall–Kier alpha value is -1.44. The van der Waals surface area contributed by atoms with Crippen LogP contribution in [0.15, 0.2) is 24.3 Å². The molecule has 7 heteroatoms. The van der Waals surface area contributed by atoms with Gasteiger partial charge in [-0.1, -0.05) is 24.3 Å². The lowest BCUT2D eigenvalue weighted by Gasteiger charge is -2.21. The molecule has 1 amide bonds. The smallest absolute Gasteiger partial charge is 0.220 e. The average molecular weight is 354 g/mol. The van der Waals surface area contributed by atoms with Crippen LogP contribution >= 0.6 is 0 Å². The van der Waals surface area contributed by atoms with E-state index in [2.05, 4.69) is 5.32 Å². The maximum atomic E-state index is 12.2. The summed E-state index contributed by atoms with van der Waals surface area (Å²) < 4.78 is 30.6. The molecule has 1 saturated heterocycles. The molecule has 0 radical (unpaired) electrons. The van der Waals surface area contributed by atoms with Crippen molar-refractivity contribution in [1.29, 1.82) is 0 Å². The van der Waals surface area contributed by atoms with Crippen molar-refractivity contribution in [3.8, 4) is 0 Å². The van der Waals surface area contributed by atoms with Gasteiger partial charge in [0.1, 0.15) is 0 Å². The highest BCUT2D eigenvalue weighted by Gasteiger charge is 2.33. The van der Waals surface area contributed by atoms with Crippen molar-refractivity contribution in [3.05, 3.63) is 35.4 Å². The third-order valence-electron chi connectivity index (χ3n) is 4.41. The second kappa shape index (κ2) is 8.09. The van der Waals surface area contributed by atoms with Crippen LogP contribution in [0.2, 0.25) is 0 Å². The number of hydrogen-bond donors (Lipinski definition) is 1. The Morgan fingerprint density at radius 2 is 2.00 bits per heavy atom. The zero-order valence-electron chi connectivity index (χ0n) is 14.5. The van der Waals surface area contributed by atoms with Crippen molar-refractivity contribution in [2.24, 2.45) is 5.92 Å². The van der Waals surface area contributed by atoms with Crippen LogP contribution in [0.4, 0.5) is 0 Å². The third kappa shape index (κ3) is 5.03. The van der Waals surface area contributed by atoms with Crippen LogP contribution < -0.4 is 5.32 Å². The molecular weight excluding hydrogens is 328 g/mol. The van der Waals surface area contributed by atoms with Gasteiger partial charge < -0.3 is 10.1 Å². The van der Waals surface area contributed by atoms with Crippen LogP contribution in [0.3, 0.4) is 0 Å². The molecule has 134 valence electrons. The van der Waals surface area contributed by atoms with Gasteiger partial charge in [-0.2, -0.15) is 0 Å². The van der Waals surface area contributed by atoms with Crippen molar-refractivity contribution in [2.45, 2.75) is 25.8 Å². The van der Waals surface area contributed by atoms with Crippen LogP contribution in [-0.2, 0) is 26.0 Å². The summed E-state index contributed by atoms with van der Waals surface area (Å²) in [6.07, 6.45) is 1.06. The number of aryl methyl sites for hydroxylation is 2. The molecule has 0 unspecified atom stereocenters. The first-order valence-corrected chi connectivity index (χ1v) is 9.72. The van der Waals surface area contributed by atoms with E-state index in [1.165, 1.54) is 24.0 Å². The number of carbonyl (C=O) groups is 1. The summed E-state index contributed by atoms with van der Waals surface area (Å²) in [6.45, 7) is 2.75. The van der Waals surface area contributed by atoms with Crippen molar-refractivity contribution in [2.75, 3.05) is 33.1 Å². The first-order valence-electron chi connectivity index (χ1n) is 8.11. The summed E-state index contributed by atoms with van der Waals surface area (Å²) in [5.74, 6) is -0.288. The molecule has 1 aromatic carbocycles. The number of hydrogen-bond acceptors (Lipinski definition) is 4. The fourth-order valence-electron chi connectivity index (χ4n) is 2.76. The number of ether oxygens (including phenoxy) is 1. The number of rotatable bonds is 7. The van der Waals surface area contributed by atoms with Gasteiger partial charge >= 0.3 is 0 Å². The molecule has 2 rings (SSSR count). The predicted molar refractivity (Wildman–Crippen MR) is 93.2 cm³/mol. The van der Waals surface area contributed by atoms with Gasteiger partial charge in [-0.05, 0) is 24.5 Å². The Balaban J connectivity index is 1.87. The molecule has 1 aromatic rings. The van der Waals surface area contributed by atoms with E-state index in [0.29, 0.717) is 26.1 Å². The lowest BCUT2D eigenvalue weighted by molar-refractivity contribution is -0.121. The Bertz CT molecular complexity index is 673. The minimum Gasteiger partial charge on any atom is -0.379 e. The van der Waals surface area contributed by atoms with Gasteiger partial charge in [0.2, 0.25) is 15.9 Å². The molecule has 1 heterocycles. The van der Waals surface area contributed by atoms with Crippen LogP contribution in [0.5, 0.6) is 0 Å². The van der Waals surface area contributed by atoms with Crippen molar-refractivity contribution in [1.82, 2.24) is 9.62 Å². The quantitative estimate of drug-likeness (QED) is 0.791. The van der Waals surface area contributed by atoms with Crippen LogP contribution in [-0.4, -0.2) is 57.7 Å². The zero-order chi connectivity index (χ0) is 17.7. The Morgan fingerprint density at radius 3 is 2.67 bits per heavy atom. The number of sulfonamides is 1. The fraction of sp³-hybridized carbons (Fsp3) is 0.588. The zero-order valence-corrected chi connectivity index (χ0v) is 15.3. The summed E-state index contributed by atoms with van der Waals surface area (Å²) in [4.78, 5) is 12.2. The highest BCUT2D eigenvalue weighted by atomic mass is 32.2. The van der Waals surface area contributed by atoms with E-state index < -0.39 is 10.0 Å². The van der Waals surface area contributed by atoms with Gasteiger partial charge in [0, 0.05) is 26.4 Å².